The molecule has 0 spiro atoms. The van der Waals surface area contributed by atoms with Gasteiger partial charge in [0.1, 0.15) is 5.82 Å². The fourth-order valence-electron chi connectivity index (χ4n) is 3.00. The summed E-state index contributed by atoms with van der Waals surface area (Å²) in [4.78, 5) is 19.3. The zero-order chi connectivity index (χ0) is 18.0. The van der Waals surface area contributed by atoms with Crippen molar-refractivity contribution in [2.45, 2.75) is 6.10 Å². The first-order valence-electron chi connectivity index (χ1n) is 7.95. The molecule has 1 N–H and O–H groups in total. The maximum atomic E-state index is 10.8. The molecule has 8 heteroatoms. The van der Waals surface area contributed by atoms with E-state index in [1.165, 1.54) is 0 Å². The summed E-state index contributed by atoms with van der Waals surface area (Å²) in [7, 11) is 1.77. The number of carboxylic acids is 1. The Morgan fingerprint density at radius 3 is 2.88 bits per heavy atom. The van der Waals surface area contributed by atoms with Gasteiger partial charge in [-0.2, -0.15) is 0 Å². The van der Waals surface area contributed by atoms with Crippen LogP contribution in [-0.4, -0.2) is 66.9 Å². The minimum Gasteiger partial charge on any atom is -0.480 e. The van der Waals surface area contributed by atoms with Crippen LogP contribution in [0.4, 0.5) is 5.82 Å². The standard InChI is InChI=1S/C17H19Cl2N3O3/c1-21(10-16(23)24)8-11-9-22(6-7-25-11)15-5-2-12-13(18)3-4-14(19)17(12)20-15/h2-5,11H,6-10H2,1H3,(H,23,24). The maximum absolute atomic E-state index is 10.8. The van der Waals surface area contributed by atoms with Crippen molar-refractivity contribution < 1.29 is 14.6 Å². The van der Waals surface area contributed by atoms with Gasteiger partial charge in [-0.3, -0.25) is 9.69 Å². The molecular weight excluding hydrogens is 365 g/mol. The van der Waals surface area contributed by atoms with Gasteiger partial charge in [0, 0.05) is 25.0 Å². The maximum Gasteiger partial charge on any atom is 0.317 e. The number of hydrogen-bond acceptors (Lipinski definition) is 5. The van der Waals surface area contributed by atoms with E-state index in [4.69, 9.17) is 33.0 Å². The first-order valence-corrected chi connectivity index (χ1v) is 8.71. The zero-order valence-corrected chi connectivity index (χ0v) is 15.3. The lowest BCUT2D eigenvalue weighted by Gasteiger charge is -2.35. The first-order chi connectivity index (χ1) is 11.9. The van der Waals surface area contributed by atoms with Gasteiger partial charge in [0.25, 0.3) is 0 Å². The minimum atomic E-state index is -0.849. The Morgan fingerprint density at radius 1 is 1.36 bits per heavy atom. The van der Waals surface area contributed by atoms with Gasteiger partial charge in [0.05, 0.1) is 34.8 Å². The van der Waals surface area contributed by atoms with Crippen LogP contribution in [0.5, 0.6) is 0 Å². The summed E-state index contributed by atoms with van der Waals surface area (Å²) < 4.78 is 5.76. The molecule has 1 aliphatic rings. The molecule has 1 saturated heterocycles. The third-order valence-corrected chi connectivity index (χ3v) is 4.76. The number of morpholine rings is 1. The lowest BCUT2D eigenvalue weighted by atomic mass is 10.2. The molecule has 1 aromatic heterocycles. The number of carbonyl (C=O) groups is 1. The Bertz CT molecular complexity index is 787. The third kappa shape index (κ3) is 4.33. The molecule has 1 aliphatic heterocycles. The highest BCUT2D eigenvalue weighted by molar-refractivity contribution is 6.39. The van der Waals surface area contributed by atoms with E-state index in [0.717, 1.165) is 17.7 Å². The SMILES string of the molecule is CN(CC(=O)O)CC1CN(c2ccc3c(Cl)ccc(Cl)c3n2)CCO1. The molecule has 0 saturated carbocycles. The number of carboxylic acid groups (broad SMARTS) is 1. The molecule has 1 atom stereocenters. The minimum absolute atomic E-state index is 0.0117. The summed E-state index contributed by atoms with van der Waals surface area (Å²) in [5.74, 6) is -0.0382. The number of aliphatic carboxylic acids is 1. The smallest absolute Gasteiger partial charge is 0.317 e. The van der Waals surface area contributed by atoms with Gasteiger partial charge in [-0.25, -0.2) is 4.98 Å². The number of halogens is 2. The van der Waals surface area contributed by atoms with Crippen molar-refractivity contribution in [1.82, 2.24) is 9.88 Å². The zero-order valence-electron chi connectivity index (χ0n) is 13.8. The predicted molar refractivity (Wildman–Crippen MR) is 98.8 cm³/mol. The van der Waals surface area contributed by atoms with Gasteiger partial charge in [0.2, 0.25) is 0 Å². The van der Waals surface area contributed by atoms with E-state index in [-0.39, 0.29) is 12.6 Å². The van der Waals surface area contributed by atoms with E-state index in [1.807, 2.05) is 12.1 Å². The van der Waals surface area contributed by atoms with Crippen molar-refractivity contribution in [3.63, 3.8) is 0 Å². The second-order valence-corrected chi connectivity index (χ2v) is 6.94. The van der Waals surface area contributed by atoms with Crippen LogP contribution < -0.4 is 4.90 Å². The van der Waals surface area contributed by atoms with Gasteiger partial charge in [-0.05, 0) is 31.3 Å². The van der Waals surface area contributed by atoms with E-state index < -0.39 is 5.97 Å². The van der Waals surface area contributed by atoms with Gasteiger partial charge >= 0.3 is 5.97 Å². The second-order valence-electron chi connectivity index (χ2n) is 6.12. The van der Waals surface area contributed by atoms with Crippen LogP contribution >= 0.6 is 23.2 Å². The van der Waals surface area contributed by atoms with Crippen LogP contribution in [0, 0.1) is 0 Å². The van der Waals surface area contributed by atoms with Crippen LogP contribution in [-0.2, 0) is 9.53 Å². The van der Waals surface area contributed by atoms with Crippen molar-refractivity contribution >= 4 is 45.9 Å². The lowest BCUT2D eigenvalue weighted by Crippen LogP contribution is -2.48. The van der Waals surface area contributed by atoms with Gasteiger partial charge < -0.3 is 14.7 Å². The largest absolute Gasteiger partial charge is 0.480 e. The Morgan fingerprint density at radius 2 is 2.12 bits per heavy atom. The predicted octanol–water partition coefficient (Wildman–Crippen LogP) is 2.76. The monoisotopic (exact) mass is 383 g/mol. The molecule has 0 radical (unpaired) electrons. The Balaban J connectivity index is 1.76. The number of rotatable bonds is 5. The molecular formula is C17H19Cl2N3O3. The van der Waals surface area contributed by atoms with E-state index in [0.29, 0.717) is 35.3 Å². The van der Waals surface area contributed by atoms with E-state index in [2.05, 4.69) is 9.88 Å². The van der Waals surface area contributed by atoms with Crippen molar-refractivity contribution in [1.29, 1.82) is 0 Å². The average molecular weight is 384 g/mol. The van der Waals surface area contributed by atoms with E-state index in [1.54, 1.807) is 24.1 Å². The molecule has 0 aliphatic carbocycles. The number of aromatic nitrogens is 1. The van der Waals surface area contributed by atoms with Crippen LogP contribution in [0.25, 0.3) is 10.9 Å². The molecule has 1 aromatic carbocycles. The van der Waals surface area contributed by atoms with Crippen molar-refractivity contribution in [2.75, 3.05) is 44.7 Å². The van der Waals surface area contributed by atoms with Gasteiger partial charge in [-0.1, -0.05) is 23.2 Å². The number of ether oxygens (including phenoxy) is 1. The first kappa shape index (κ1) is 18.2. The van der Waals surface area contributed by atoms with Crippen LogP contribution in [0.3, 0.4) is 0 Å². The van der Waals surface area contributed by atoms with Crippen LogP contribution in [0.1, 0.15) is 0 Å². The summed E-state index contributed by atoms with van der Waals surface area (Å²) in [5.41, 5.74) is 0.678. The fourth-order valence-corrected chi connectivity index (χ4v) is 3.42. The number of fused-ring (bicyclic) bond motifs is 1. The Kier molecular flexibility index (Phi) is 5.64. The Labute approximate surface area is 155 Å². The summed E-state index contributed by atoms with van der Waals surface area (Å²) in [6.45, 7) is 2.45. The highest BCUT2D eigenvalue weighted by Gasteiger charge is 2.23. The summed E-state index contributed by atoms with van der Waals surface area (Å²) in [6, 6.07) is 7.35. The molecule has 2 aromatic rings. The molecule has 1 fully saturated rings. The van der Waals surface area contributed by atoms with Crippen molar-refractivity contribution in [3.8, 4) is 0 Å². The van der Waals surface area contributed by atoms with E-state index >= 15 is 0 Å². The number of likely N-dealkylation sites (N-methyl/N-ethyl adjacent to an activating group) is 1. The fraction of sp³-hybridized carbons (Fsp3) is 0.412. The summed E-state index contributed by atoms with van der Waals surface area (Å²) >= 11 is 12.5. The van der Waals surface area contributed by atoms with Crippen molar-refractivity contribution in [3.05, 3.63) is 34.3 Å². The number of anilines is 1. The number of benzene rings is 1. The highest BCUT2D eigenvalue weighted by atomic mass is 35.5. The molecule has 3 rings (SSSR count). The molecule has 0 bridgehead atoms. The summed E-state index contributed by atoms with van der Waals surface area (Å²) in [5, 5.41) is 10.9. The number of nitrogens with zero attached hydrogens (tertiary/aromatic N) is 3. The summed E-state index contributed by atoms with van der Waals surface area (Å²) in [6.07, 6.45) is -0.0783. The average Bonchev–Trinajstić information content (AvgIpc) is 2.57. The highest BCUT2D eigenvalue weighted by Crippen LogP contribution is 2.30. The van der Waals surface area contributed by atoms with Crippen molar-refractivity contribution in [2.24, 2.45) is 0 Å². The molecule has 6 nitrogen and oxygen atoms in total. The molecule has 0 amide bonds. The van der Waals surface area contributed by atoms with Crippen LogP contribution in [0.15, 0.2) is 24.3 Å². The number of hydrogen-bond donors (Lipinski definition) is 1. The molecule has 25 heavy (non-hydrogen) atoms. The normalized spacial score (nSPS) is 18.1. The van der Waals surface area contributed by atoms with Crippen LogP contribution in [0.2, 0.25) is 10.0 Å². The van der Waals surface area contributed by atoms with E-state index in [9.17, 15) is 4.79 Å². The Hall–Kier alpha value is -1.60. The second kappa shape index (κ2) is 7.74. The molecule has 1 unspecified atom stereocenters. The van der Waals surface area contributed by atoms with Gasteiger partial charge in [0.15, 0.2) is 0 Å². The molecule has 2 heterocycles. The third-order valence-electron chi connectivity index (χ3n) is 4.12. The topological polar surface area (TPSA) is 65.9 Å². The lowest BCUT2D eigenvalue weighted by molar-refractivity contribution is -0.138. The molecule has 134 valence electrons. The quantitative estimate of drug-likeness (QED) is 0.855. The van der Waals surface area contributed by atoms with Gasteiger partial charge in [-0.15, -0.1) is 0 Å². The number of pyridine rings is 1.